The lowest BCUT2D eigenvalue weighted by Gasteiger charge is -2.26. The third-order valence-electron chi connectivity index (χ3n) is 3.60. The van der Waals surface area contributed by atoms with E-state index in [-0.39, 0.29) is 12.0 Å². The first-order valence-corrected chi connectivity index (χ1v) is 7.29. The summed E-state index contributed by atoms with van der Waals surface area (Å²) in [7, 11) is 0. The monoisotopic (exact) mass is 288 g/mol. The van der Waals surface area contributed by atoms with Crippen LogP contribution in [-0.4, -0.2) is 28.0 Å². The van der Waals surface area contributed by atoms with Crippen LogP contribution in [0.3, 0.4) is 0 Å². The smallest absolute Gasteiger partial charge is 0.231 e. The Bertz CT molecular complexity index is 579. The molecule has 1 aliphatic heterocycles. The van der Waals surface area contributed by atoms with Crippen LogP contribution >= 0.6 is 0 Å². The minimum absolute atomic E-state index is 0.0315. The lowest BCUT2D eigenvalue weighted by molar-refractivity contribution is 0.489. The van der Waals surface area contributed by atoms with Crippen molar-refractivity contribution < 1.29 is 4.42 Å². The maximum absolute atomic E-state index is 5.81. The summed E-state index contributed by atoms with van der Waals surface area (Å²) in [6.07, 6.45) is 5.24. The molecule has 2 aromatic heterocycles. The zero-order valence-electron chi connectivity index (χ0n) is 12.1. The van der Waals surface area contributed by atoms with Gasteiger partial charge in [-0.2, -0.15) is 15.0 Å². The topological polar surface area (TPSA) is 93.1 Å². The Labute approximate surface area is 123 Å². The normalized spacial score (nSPS) is 16.7. The zero-order chi connectivity index (χ0) is 14.7. The van der Waals surface area contributed by atoms with E-state index in [0.29, 0.717) is 11.9 Å². The van der Waals surface area contributed by atoms with Crippen LogP contribution in [0.4, 0.5) is 17.8 Å². The Balaban J connectivity index is 1.77. The number of aromatic nitrogens is 3. The maximum atomic E-state index is 5.81. The molecule has 0 aliphatic carbocycles. The molecule has 112 valence electrons. The van der Waals surface area contributed by atoms with E-state index in [0.717, 1.165) is 31.7 Å². The van der Waals surface area contributed by atoms with Gasteiger partial charge in [-0.3, -0.25) is 0 Å². The molecule has 1 unspecified atom stereocenters. The van der Waals surface area contributed by atoms with Crippen molar-refractivity contribution in [3.05, 3.63) is 24.2 Å². The fourth-order valence-electron chi connectivity index (χ4n) is 2.48. The number of piperidine rings is 1. The van der Waals surface area contributed by atoms with Crippen LogP contribution in [-0.2, 0) is 0 Å². The van der Waals surface area contributed by atoms with Gasteiger partial charge < -0.3 is 20.4 Å². The van der Waals surface area contributed by atoms with E-state index < -0.39 is 0 Å². The number of nitrogens with one attached hydrogen (secondary N) is 1. The Kier molecular flexibility index (Phi) is 3.89. The van der Waals surface area contributed by atoms with Gasteiger partial charge in [0.15, 0.2) is 0 Å². The van der Waals surface area contributed by atoms with Gasteiger partial charge >= 0.3 is 0 Å². The summed E-state index contributed by atoms with van der Waals surface area (Å²) in [5.74, 6) is 2.19. The van der Waals surface area contributed by atoms with Gasteiger partial charge in [0.2, 0.25) is 17.8 Å². The van der Waals surface area contributed by atoms with Crippen molar-refractivity contribution in [1.82, 2.24) is 15.0 Å². The summed E-state index contributed by atoms with van der Waals surface area (Å²) in [6, 6.07) is 3.73. The average Bonchev–Trinajstić information content (AvgIpc) is 3.02. The highest BCUT2D eigenvalue weighted by molar-refractivity contribution is 5.42. The molecule has 1 saturated heterocycles. The summed E-state index contributed by atoms with van der Waals surface area (Å²) in [4.78, 5) is 15.0. The minimum Gasteiger partial charge on any atom is -0.467 e. The Morgan fingerprint density at radius 3 is 2.76 bits per heavy atom. The SMILES string of the molecule is CC(Nc1nc(N)nc(N2CCCCC2)n1)c1ccco1. The van der Waals surface area contributed by atoms with Crippen LogP contribution in [0.5, 0.6) is 0 Å². The van der Waals surface area contributed by atoms with E-state index in [1.165, 1.54) is 6.42 Å². The van der Waals surface area contributed by atoms with E-state index in [1.807, 2.05) is 19.1 Å². The first-order chi connectivity index (χ1) is 10.2. The van der Waals surface area contributed by atoms with E-state index in [1.54, 1.807) is 6.26 Å². The second kappa shape index (κ2) is 5.99. The van der Waals surface area contributed by atoms with Gasteiger partial charge in [-0.1, -0.05) is 0 Å². The number of hydrogen-bond donors (Lipinski definition) is 2. The van der Waals surface area contributed by atoms with Crippen molar-refractivity contribution in [2.45, 2.75) is 32.2 Å². The molecule has 3 rings (SSSR count). The summed E-state index contributed by atoms with van der Waals surface area (Å²) >= 11 is 0. The van der Waals surface area contributed by atoms with Crippen LogP contribution in [0.15, 0.2) is 22.8 Å². The van der Waals surface area contributed by atoms with Gasteiger partial charge in [-0.05, 0) is 38.3 Å². The predicted octanol–water partition coefficient (Wildman–Crippen LogP) is 2.21. The molecule has 0 amide bonds. The molecule has 1 atom stereocenters. The third kappa shape index (κ3) is 3.24. The molecule has 0 radical (unpaired) electrons. The van der Waals surface area contributed by atoms with Crippen molar-refractivity contribution in [3.8, 4) is 0 Å². The van der Waals surface area contributed by atoms with E-state index in [4.69, 9.17) is 10.2 Å². The van der Waals surface area contributed by atoms with Gasteiger partial charge in [-0.15, -0.1) is 0 Å². The molecule has 7 heteroatoms. The van der Waals surface area contributed by atoms with Gasteiger partial charge in [0.05, 0.1) is 12.3 Å². The molecule has 0 spiro atoms. The van der Waals surface area contributed by atoms with Crippen LogP contribution < -0.4 is 16.0 Å². The Hall–Kier alpha value is -2.31. The number of rotatable bonds is 4. The van der Waals surface area contributed by atoms with Crippen LogP contribution in [0.1, 0.15) is 38.0 Å². The summed E-state index contributed by atoms with van der Waals surface area (Å²) in [5.41, 5.74) is 5.81. The second-order valence-electron chi connectivity index (χ2n) is 5.25. The third-order valence-corrected chi connectivity index (χ3v) is 3.60. The number of hydrogen-bond acceptors (Lipinski definition) is 7. The van der Waals surface area contributed by atoms with Crippen molar-refractivity contribution in [2.24, 2.45) is 0 Å². The zero-order valence-corrected chi connectivity index (χ0v) is 12.1. The number of nitrogens with zero attached hydrogens (tertiary/aromatic N) is 4. The molecule has 2 aromatic rings. The number of anilines is 3. The van der Waals surface area contributed by atoms with Crippen LogP contribution in [0.25, 0.3) is 0 Å². The average molecular weight is 288 g/mol. The quantitative estimate of drug-likeness (QED) is 0.890. The van der Waals surface area contributed by atoms with Gasteiger partial charge in [-0.25, -0.2) is 0 Å². The summed E-state index contributed by atoms with van der Waals surface area (Å²) < 4.78 is 5.37. The fraction of sp³-hybridized carbons (Fsp3) is 0.500. The molecular weight excluding hydrogens is 268 g/mol. The molecule has 0 bridgehead atoms. The molecular formula is C14H20N6O. The van der Waals surface area contributed by atoms with Crippen LogP contribution in [0.2, 0.25) is 0 Å². The van der Waals surface area contributed by atoms with Crippen LogP contribution in [0, 0.1) is 0 Å². The molecule has 3 N–H and O–H groups in total. The Morgan fingerprint density at radius 1 is 1.24 bits per heavy atom. The minimum atomic E-state index is -0.0315. The van der Waals surface area contributed by atoms with E-state index in [2.05, 4.69) is 25.2 Å². The lowest BCUT2D eigenvalue weighted by Crippen LogP contribution is -2.31. The van der Waals surface area contributed by atoms with Gasteiger partial charge in [0.25, 0.3) is 0 Å². The largest absolute Gasteiger partial charge is 0.467 e. The van der Waals surface area contributed by atoms with Crippen molar-refractivity contribution in [1.29, 1.82) is 0 Å². The maximum Gasteiger partial charge on any atom is 0.231 e. The highest BCUT2D eigenvalue weighted by Gasteiger charge is 2.17. The van der Waals surface area contributed by atoms with Gasteiger partial charge in [0.1, 0.15) is 5.76 Å². The van der Waals surface area contributed by atoms with E-state index in [9.17, 15) is 0 Å². The van der Waals surface area contributed by atoms with Crippen molar-refractivity contribution in [2.75, 3.05) is 29.0 Å². The fourth-order valence-corrected chi connectivity index (χ4v) is 2.48. The highest BCUT2D eigenvalue weighted by Crippen LogP contribution is 2.21. The number of nitrogen functional groups attached to an aromatic ring is 1. The molecule has 3 heterocycles. The lowest BCUT2D eigenvalue weighted by atomic mass is 10.1. The summed E-state index contributed by atoms with van der Waals surface area (Å²) in [5, 5.41) is 3.20. The van der Waals surface area contributed by atoms with Gasteiger partial charge in [0, 0.05) is 13.1 Å². The molecule has 0 saturated carbocycles. The molecule has 1 fully saturated rings. The first kappa shape index (κ1) is 13.7. The second-order valence-corrected chi connectivity index (χ2v) is 5.25. The molecule has 21 heavy (non-hydrogen) atoms. The summed E-state index contributed by atoms with van der Waals surface area (Å²) in [6.45, 7) is 3.92. The number of furan rings is 1. The highest BCUT2D eigenvalue weighted by atomic mass is 16.3. The molecule has 0 aromatic carbocycles. The number of nitrogens with two attached hydrogens (primary N) is 1. The first-order valence-electron chi connectivity index (χ1n) is 7.29. The molecule has 7 nitrogen and oxygen atoms in total. The van der Waals surface area contributed by atoms with E-state index >= 15 is 0 Å². The van der Waals surface area contributed by atoms with Crippen molar-refractivity contribution >= 4 is 17.8 Å². The van der Waals surface area contributed by atoms with Crippen molar-refractivity contribution in [3.63, 3.8) is 0 Å². The standard InChI is InChI=1S/C14H20N6O/c1-10(11-6-5-9-21-11)16-13-17-12(15)18-14(19-13)20-7-3-2-4-8-20/h5-6,9-10H,2-4,7-8H2,1H3,(H3,15,16,17,18,19). The molecule has 1 aliphatic rings. The predicted molar refractivity (Wildman–Crippen MR) is 81.0 cm³/mol. The Morgan fingerprint density at radius 2 is 2.05 bits per heavy atom.